The molecule has 0 saturated carbocycles. The smallest absolute Gasteiger partial charge is 0.230 e. The summed E-state index contributed by atoms with van der Waals surface area (Å²) in [6.07, 6.45) is 2.78. The van der Waals surface area contributed by atoms with E-state index < -0.39 is 5.54 Å². The molecule has 6 nitrogen and oxygen atoms in total. The number of nitrogens with zero attached hydrogens (tertiary/aromatic N) is 2. The van der Waals surface area contributed by atoms with Crippen molar-refractivity contribution in [3.8, 4) is 22.9 Å². The summed E-state index contributed by atoms with van der Waals surface area (Å²) in [7, 11) is 0. The van der Waals surface area contributed by atoms with Gasteiger partial charge in [0, 0.05) is 17.3 Å². The summed E-state index contributed by atoms with van der Waals surface area (Å²) >= 11 is 0. The van der Waals surface area contributed by atoms with E-state index in [1.54, 1.807) is 18.3 Å². The minimum Gasteiger partial charge on any atom is -0.490 e. The van der Waals surface area contributed by atoms with Crippen LogP contribution in [0.15, 0.2) is 30.5 Å². The second-order valence-electron chi connectivity index (χ2n) is 7.77. The summed E-state index contributed by atoms with van der Waals surface area (Å²) < 4.78 is 5.87. The average Bonchev–Trinajstić information content (AvgIpc) is 2.99. The van der Waals surface area contributed by atoms with Gasteiger partial charge in [-0.25, -0.2) is 4.98 Å². The molecule has 6 heteroatoms. The van der Waals surface area contributed by atoms with Crippen LogP contribution >= 0.6 is 0 Å². The number of carbonyl (C=O) groups excluding carboxylic acids is 1. The summed E-state index contributed by atoms with van der Waals surface area (Å²) in [6.45, 7) is 6.53. The molecule has 140 valence electrons. The van der Waals surface area contributed by atoms with E-state index in [0.717, 1.165) is 23.1 Å². The topological polar surface area (TPSA) is 101 Å². The van der Waals surface area contributed by atoms with E-state index in [1.807, 2.05) is 19.1 Å². The van der Waals surface area contributed by atoms with Gasteiger partial charge in [0.1, 0.15) is 24.2 Å². The van der Waals surface area contributed by atoms with Gasteiger partial charge in [-0.15, -0.1) is 0 Å². The van der Waals surface area contributed by atoms with Gasteiger partial charge in [0.2, 0.25) is 5.91 Å². The van der Waals surface area contributed by atoms with E-state index in [9.17, 15) is 10.1 Å². The molecule has 0 spiro atoms. The Kier molecular flexibility index (Phi) is 5.15. The number of nitrogens with one attached hydrogen (secondary N) is 1. The molecule has 2 heterocycles. The van der Waals surface area contributed by atoms with Crippen LogP contribution < -0.4 is 15.8 Å². The quantitative estimate of drug-likeness (QED) is 0.819. The van der Waals surface area contributed by atoms with Crippen molar-refractivity contribution in [3.05, 3.63) is 41.6 Å². The van der Waals surface area contributed by atoms with Crippen molar-refractivity contribution >= 4 is 11.7 Å². The SMILES string of the molecule is CC(C)CC(C)(N)COc1ccc(-c2ccnc3c2CC(=O)N3)cc1C#N. The fourth-order valence-electron chi connectivity index (χ4n) is 3.53. The summed E-state index contributed by atoms with van der Waals surface area (Å²) in [4.78, 5) is 15.9. The predicted molar refractivity (Wildman–Crippen MR) is 104 cm³/mol. The van der Waals surface area contributed by atoms with Crippen molar-refractivity contribution < 1.29 is 9.53 Å². The molecule has 27 heavy (non-hydrogen) atoms. The lowest BCUT2D eigenvalue weighted by atomic mass is 9.93. The lowest BCUT2D eigenvalue weighted by Gasteiger charge is -2.26. The van der Waals surface area contributed by atoms with Crippen LogP contribution in [0.1, 0.15) is 38.3 Å². The largest absolute Gasteiger partial charge is 0.490 e. The first kappa shape index (κ1) is 18.9. The molecule has 0 fully saturated rings. The van der Waals surface area contributed by atoms with Crippen LogP contribution in [-0.4, -0.2) is 23.0 Å². The van der Waals surface area contributed by atoms with Crippen LogP contribution in [0.3, 0.4) is 0 Å². The number of nitrogens with two attached hydrogens (primary N) is 1. The van der Waals surface area contributed by atoms with Crippen LogP contribution in [0, 0.1) is 17.2 Å². The zero-order valence-corrected chi connectivity index (χ0v) is 15.9. The zero-order chi connectivity index (χ0) is 19.6. The zero-order valence-electron chi connectivity index (χ0n) is 15.9. The van der Waals surface area contributed by atoms with Crippen molar-refractivity contribution in [2.75, 3.05) is 11.9 Å². The predicted octanol–water partition coefficient (Wildman–Crippen LogP) is 3.26. The highest BCUT2D eigenvalue weighted by Gasteiger charge is 2.24. The molecule has 1 aliphatic rings. The Morgan fingerprint density at radius 2 is 2.19 bits per heavy atom. The maximum Gasteiger partial charge on any atom is 0.230 e. The number of pyridine rings is 1. The van der Waals surface area contributed by atoms with E-state index in [-0.39, 0.29) is 5.91 Å². The van der Waals surface area contributed by atoms with Crippen molar-refractivity contribution in [2.24, 2.45) is 11.7 Å². The monoisotopic (exact) mass is 364 g/mol. The number of aromatic nitrogens is 1. The molecule has 1 atom stereocenters. The number of nitriles is 1. The number of amides is 1. The summed E-state index contributed by atoms with van der Waals surface area (Å²) in [6, 6.07) is 9.52. The standard InChI is InChI=1S/C21H24N4O2/c1-13(2)10-21(3,23)12-27-18-5-4-14(8-15(18)11-22)16-6-7-24-20-17(16)9-19(26)25-20/h4-8,13H,9-10,12,23H2,1-3H3,(H,24,25,26). The van der Waals surface area contributed by atoms with Crippen LogP contribution in [0.5, 0.6) is 5.75 Å². The minimum absolute atomic E-state index is 0.0715. The molecule has 1 aliphatic heterocycles. The third kappa shape index (κ3) is 4.26. The lowest BCUT2D eigenvalue weighted by Crippen LogP contribution is -2.43. The highest BCUT2D eigenvalue weighted by Crippen LogP contribution is 2.34. The Morgan fingerprint density at radius 3 is 2.89 bits per heavy atom. The maximum atomic E-state index is 11.7. The van der Waals surface area contributed by atoms with E-state index >= 15 is 0 Å². The number of ether oxygens (including phenoxy) is 1. The van der Waals surface area contributed by atoms with Crippen LogP contribution in [0.4, 0.5) is 5.82 Å². The molecule has 3 N–H and O–H groups in total. The Hall–Kier alpha value is -2.91. The van der Waals surface area contributed by atoms with Crippen molar-refractivity contribution in [1.82, 2.24) is 4.98 Å². The fourth-order valence-corrected chi connectivity index (χ4v) is 3.53. The van der Waals surface area contributed by atoms with E-state index in [4.69, 9.17) is 10.5 Å². The average molecular weight is 364 g/mol. The third-order valence-electron chi connectivity index (χ3n) is 4.49. The van der Waals surface area contributed by atoms with Gasteiger partial charge >= 0.3 is 0 Å². The van der Waals surface area contributed by atoms with E-state index in [0.29, 0.717) is 36.1 Å². The molecule has 2 aromatic rings. The number of carbonyl (C=O) groups is 1. The van der Waals surface area contributed by atoms with Gasteiger partial charge in [-0.05, 0) is 48.6 Å². The number of anilines is 1. The Morgan fingerprint density at radius 1 is 1.41 bits per heavy atom. The number of hydrogen-bond acceptors (Lipinski definition) is 5. The summed E-state index contributed by atoms with van der Waals surface area (Å²) in [5.74, 6) is 1.50. The highest BCUT2D eigenvalue weighted by atomic mass is 16.5. The summed E-state index contributed by atoms with van der Waals surface area (Å²) in [5.41, 5.74) is 8.88. The Labute approximate surface area is 159 Å². The molecule has 0 radical (unpaired) electrons. The summed E-state index contributed by atoms with van der Waals surface area (Å²) in [5, 5.41) is 12.3. The number of fused-ring (bicyclic) bond motifs is 1. The number of rotatable bonds is 6. The minimum atomic E-state index is -0.461. The van der Waals surface area contributed by atoms with Gasteiger partial charge in [-0.3, -0.25) is 4.79 Å². The molecule has 3 rings (SSSR count). The van der Waals surface area contributed by atoms with Crippen molar-refractivity contribution in [3.63, 3.8) is 0 Å². The van der Waals surface area contributed by atoms with Gasteiger partial charge < -0.3 is 15.8 Å². The van der Waals surface area contributed by atoms with Gasteiger partial charge in [0.15, 0.2) is 0 Å². The van der Waals surface area contributed by atoms with E-state index in [1.165, 1.54) is 0 Å². The normalized spacial score (nSPS) is 15.0. The first-order valence-corrected chi connectivity index (χ1v) is 9.03. The second-order valence-corrected chi connectivity index (χ2v) is 7.77. The van der Waals surface area contributed by atoms with Gasteiger partial charge in [-0.2, -0.15) is 5.26 Å². The molecule has 0 saturated heterocycles. The highest BCUT2D eigenvalue weighted by molar-refractivity contribution is 6.00. The Balaban J connectivity index is 1.85. The molecule has 1 unspecified atom stereocenters. The third-order valence-corrected chi connectivity index (χ3v) is 4.49. The maximum absolute atomic E-state index is 11.7. The lowest BCUT2D eigenvalue weighted by molar-refractivity contribution is -0.115. The molecule has 0 aliphatic carbocycles. The van der Waals surface area contributed by atoms with Gasteiger partial charge in [-0.1, -0.05) is 19.9 Å². The number of hydrogen-bond donors (Lipinski definition) is 2. The van der Waals surface area contributed by atoms with Gasteiger partial charge in [0.05, 0.1) is 12.0 Å². The molecule has 1 aromatic heterocycles. The van der Waals surface area contributed by atoms with Crippen LogP contribution in [0.25, 0.3) is 11.1 Å². The molecule has 0 bridgehead atoms. The van der Waals surface area contributed by atoms with Crippen molar-refractivity contribution in [1.29, 1.82) is 5.26 Å². The molecule has 1 aromatic carbocycles. The molecule has 1 amide bonds. The van der Waals surface area contributed by atoms with Gasteiger partial charge in [0.25, 0.3) is 0 Å². The molecular weight excluding hydrogens is 340 g/mol. The first-order chi connectivity index (χ1) is 12.8. The van der Waals surface area contributed by atoms with Crippen LogP contribution in [-0.2, 0) is 11.2 Å². The molecular formula is C21H24N4O2. The van der Waals surface area contributed by atoms with E-state index in [2.05, 4.69) is 30.2 Å². The fraction of sp³-hybridized carbons (Fsp3) is 0.381. The van der Waals surface area contributed by atoms with Crippen molar-refractivity contribution in [2.45, 2.75) is 39.2 Å². The van der Waals surface area contributed by atoms with Crippen LogP contribution in [0.2, 0.25) is 0 Å². The first-order valence-electron chi connectivity index (χ1n) is 9.03. The Bertz CT molecular complexity index is 913. The second kappa shape index (κ2) is 7.37. The number of benzene rings is 1.